The number of thiol groups is 1. The lowest BCUT2D eigenvalue weighted by atomic mass is 10.2. The number of nitrogens with zero attached hydrogens (tertiary/aromatic N) is 3. The van der Waals surface area contributed by atoms with Crippen molar-refractivity contribution in [3.63, 3.8) is 0 Å². The molecule has 0 saturated carbocycles. The first kappa shape index (κ1) is 17.7. The summed E-state index contributed by atoms with van der Waals surface area (Å²) in [4.78, 5) is 17.3. The SMILES string of the molecule is CN=C(C=CNc1ccccc1)c1nn(-c2cccc(S)c2)ccc1=O. The standard InChI is InChI=1S/C20H18N4OS/c1-21-18(10-12-22-15-6-3-2-4-7-15)20-19(25)11-13-24(23-20)16-8-5-9-17(26)14-16/h2-14,22,26H,1H3. The van der Waals surface area contributed by atoms with Crippen LogP contribution in [-0.2, 0) is 0 Å². The summed E-state index contributed by atoms with van der Waals surface area (Å²) in [7, 11) is 1.63. The van der Waals surface area contributed by atoms with Crippen molar-refractivity contribution in [3.8, 4) is 5.69 Å². The third kappa shape index (κ3) is 4.29. The molecule has 0 amide bonds. The van der Waals surface area contributed by atoms with E-state index in [0.29, 0.717) is 5.71 Å². The van der Waals surface area contributed by atoms with Crippen molar-refractivity contribution in [3.05, 3.63) is 95.1 Å². The van der Waals surface area contributed by atoms with E-state index in [1.54, 1.807) is 30.2 Å². The van der Waals surface area contributed by atoms with Crippen LogP contribution in [0.4, 0.5) is 5.69 Å². The molecule has 6 heteroatoms. The molecule has 0 spiro atoms. The molecule has 0 saturated heterocycles. The monoisotopic (exact) mass is 362 g/mol. The molecule has 0 fully saturated rings. The topological polar surface area (TPSA) is 59.3 Å². The molecule has 0 bridgehead atoms. The smallest absolute Gasteiger partial charge is 0.209 e. The average molecular weight is 362 g/mol. The van der Waals surface area contributed by atoms with Gasteiger partial charge in [-0.25, -0.2) is 4.68 Å². The summed E-state index contributed by atoms with van der Waals surface area (Å²) in [6.07, 6.45) is 5.11. The summed E-state index contributed by atoms with van der Waals surface area (Å²) in [6.45, 7) is 0. The molecule has 1 N–H and O–H groups in total. The van der Waals surface area contributed by atoms with Crippen molar-refractivity contribution >= 4 is 24.0 Å². The molecule has 0 aliphatic heterocycles. The maximum absolute atomic E-state index is 12.3. The van der Waals surface area contributed by atoms with Gasteiger partial charge < -0.3 is 5.32 Å². The van der Waals surface area contributed by atoms with E-state index < -0.39 is 0 Å². The van der Waals surface area contributed by atoms with Crippen molar-refractivity contribution in [2.45, 2.75) is 4.90 Å². The van der Waals surface area contributed by atoms with E-state index in [1.165, 1.54) is 6.07 Å². The minimum atomic E-state index is -0.187. The highest BCUT2D eigenvalue weighted by molar-refractivity contribution is 7.80. The number of anilines is 1. The maximum atomic E-state index is 12.3. The van der Waals surface area contributed by atoms with Gasteiger partial charge in [-0.1, -0.05) is 24.3 Å². The molecular formula is C20H18N4OS. The molecule has 3 rings (SSSR count). The van der Waals surface area contributed by atoms with Crippen molar-refractivity contribution in [1.82, 2.24) is 9.78 Å². The Morgan fingerprint density at radius 2 is 1.96 bits per heavy atom. The van der Waals surface area contributed by atoms with Crippen molar-refractivity contribution < 1.29 is 0 Å². The van der Waals surface area contributed by atoms with Crippen LogP contribution in [0.2, 0.25) is 0 Å². The van der Waals surface area contributed by atoms with Crippen LogP contribution in [0.15, 0.2) is 93.8 Å². The second kappa shape index (κ2) is 8.31. The number of hydrogen-bond acceptors (Lipinski definition) is 5. The molecule has 0 unspecified atom stereocenters. The second-order valence-electron chi connectivity index (χ2n) is 5.45. The quantitative estimate of drug-likeness (QED) is 0.539. The third-order valence-electron chi connectivity index (χ3n) is 3.65. The van der Waals surface area contributed by atoms with E-state index in [4.69, 9.17) is 0 Å². The van der Waals surface area contributed by atoms with E-state index in [0.717, 1.165) is 16.3 Å². The molecule has 130 valence electrons. The summed E-state index contributed by atoms with van der Waals surface area (Å²) in [5, 5.41) is 7.59. The molecule has 3 aromatic rings. The predicted octanol–water partition coefficient (Wildman–Crippen LogP) is 3.57. The second-order valence-corrected chi connectivity index (χ2v) is 5.96. The molecule has 5 nitrogen and oxygen atoms in total. The number of hydrogen-bond donors (Lipinski definition) is 2. The molecule has 0 atom stereocenters. The van der Waals surface area contributed by atoms with E-state index in [-0.39, 0.29) is 11.1 Å². The summed E-state index contributed by atoms with van der Waals surface area (Å²) < 4.78 is 1.64. The van der Waals surface area contributed by atoms with Gasteiger partial charge in [0.25, 0.3) is 0 Å². The first-order valence-electron chi connectivity index (χ1n) is 8.02. The first-order valence-corrected chi connectivity index (χ1v) is 8.47. The highest BCUT2D eigenvalue weighted by atomic mass is 32.1. The Bertz CT molecular complexity index is 1010. The molecule has 0 radical (unpaired) electrons. The van der Waals surface area contributed by atoms with Gasteiger partial charge in [0.15, 0.2) is 5.69 Å². The Balaban J connectivity index is 1.89. The van der Waals surface area contributed by atoms with Crippen molar-refractivity contribution in [1.29, 1.82) is 0 Å². The van der Waals surface area contributed by atoms with Gasteiger partial charge in [0.05, 0.1) is 11.4 Å². The van der Waals surface area contributed by atoms with Crippen LogP contribution in [0.1, 0.15) is 5.69 Å². The molecule has 2 aromatic carbocycles. The predicted molar refractivity (Wildman–Crippen MR) is 109 cm³/mol. The van der Waals surface area contributed by atoms with Gasteiger partial charge in [0, 0.05) is 36.1 Å². The summed E-state index contributed by atoms with van der Waals surface area (Å²) in [5.74, 6) is 0. The Hall–Kier alpha value is -3.12. The number of aromatic nitrogens is 2. The number of allylic oxidation sites excluding steroid dienone is 1. The number of nitrogens with one attached hydrogen (secondary N) is 1. The van der Waals surface area contributed by atoms with Crippen LogP contribution in [0.3, 0.4) is 0 Å². The lowest BCUT2D eigenvalue weighted by Gasteiger charge is -2.08. The number of rotatable bonds is 5. The summed E-state index contributed by atoms with van der Waals surface area (Å²) in [6, 6.07) is 18.8. The van der Waals surface area contributed by atoms with Crippen molar-refractivity contribution in [2.24, 2.45) is 4.99 Å². The van der Waals surface area contributed by atoms with Gasteiger partial charge >= 0.3 is 0 Å². The van der Waals surface area contributed by atoms with Gasteiger partial charge in [0.1, 0.15) is 0 Å². The van der Waals surface area contributed by atoms with Gasteiger partial charge in [-0.05, 0) is 36.4 Å². The molecule has 26 heavy (non-hydrogen) atoms. The van der Waals surface area contributed by atoms with E-state index in [1.807, 2.05) is 54.6 Å². The molecule has 0 aliphatic rings. The van der Waals surface area contributed by atoms with Gasteiger partial charge in [0.2, 0.25) is 5.43 Å². The maximum Gasteiger partial charge on any atom is 0.209 e. The van der Waals surface area contributed by atoms with Crippen LogP contribution in [0.25, 0.3) is 5.69 Å². The third-order valence-corrected chi connectivity index (χ3v) is 3.93. The van der Waals surface area contributed by atoms with Crippen molar-refractivity contribution in [2.75, 3.05) is 12.4 Å². The Morgan fingerprint density at radius 1 is 1.15 bits per heavy atom. The molecular weight excluding hydrogens is 344 g/mol. The lowest BCUT2D eigenvalue weighted by molar-refractivity contribution is 0.826. The van der Waals surface area contributed by atoms with Gasteiger partial charge in [-0.2, -0.15) is 5.10 Å². The summed E-state index contributed by atoms with van der Waals surface area (Å²) in [5.41, 5.74) is 2.36. The highest BCUT2D eigenvalue weighted by Crippen LogP contribution is 2.12. The fourth-order valence-corrected chi connectivity index (χ4v) is 2.59. The zero-order chi connectivity index (χ0) is 18.4. The zero-order valence-electron chi connectivity index (χ0n) is 14.2. The summed E-state index contributed by atoms with van der Waals surface area (Å²) >= 11 is 4.34. The van der Waals surface area contributed by atoms with Crippen LogP contribution in [0.5, 0.6) is 0 Å². The van der Waals surface area contributed by atoms with E-state index >= 15 is 0 Å². The first-order chi connectivity index (χ1) is 12.7. The fraction of sp³-hybridized carbons (Fsp3) is 0.0500. The normalized spacial score (nSPS) is 11.7. The van der Waals surface area contributed by atoms with Gasteiger partial charge in [-0.3, -0.25) is 9.79 Å². The largest absolute Gasteiger partial charge is 0.362 e. The van der Waals surface area contributed by atoms with Crippen LogP contribution in [-0.4, -0.2) is 22.5 Å². The molecule has 1 heterocycles. The van der Waals surface area contributed by atoms with E-state index in [9.17, 15) is 4.79 Å². The van der Waals surface area contributed by atoms with Crippen LogP contribution in [0, 0.1) is 0 Å². The zero-order valence-corrected chi connectivity index (χ0v) is 15.1. The molecule has 0 aliphatic carbocycles. The minimum absolute atomic E-state index is 0.187. The Kier molecular flexibility index (Phi) is 5.66. The number of benzene rings is 2. The Morgan fingerprint density at radius 3 is 2.69 bits per heavy atom. The number of aliphatic imine (C=N–C) groups is 1. The lowest BCUT2D eigenvalue weighted by Crippen LogP contribution is -2.20. The minimum Gasteiger partial charge on any atom is -0.362 e. The van der Waals surface area contributed by atoms with E-state index in [2.05, 4.69) is 28.0 Å². The molecule has 1 aromatic heterocycles. The average Bonchev–Trinajstić information content (AvgIpc) is 2.67. The van der Waals surface area contributed by atoms with Crippen LogP contribution >= 0.6 is 12.6 Å². The van der Waals surface area contributed by atoms with Crippen LogP contribution < -0.4 is 10.7 Å². The fourth-order valence-electron chi connectivity index (χ4n) is 2.37. The number of para-hydroxylation sites is 1. The van der Waals surface area contributed by atoms with Gasteiger partial charge in [-0.15, -0.1) is 12.6 Å². The highest BCUT2D eigenvalue weighted by Gasteiger charge is 2.08. The Labute approximate surface area is 157 Å².